The standard InChI is InChI=1S/C43H62N6O8/c1-38(2)24-42(25-39(3,4)46(38)9)34(52)48(36(54)44-42)20-30(50)22-56-32-15-11-28(12-16-32)19-29-13-17-33(18-14-29)57-23-31(51)21-49-35(53)43(45-37(49)55)26-40(5,6)47(10)41(7,8)27-43/h11-18,30-31,50-51H,19-27H2,1-10H3,(H,44,54)(H,45,55). The highest BCUT2D eigenvalue weighted by Crippen LogP contribution is 2.46. The number of β-amino-alcohol motifs (C(OH)–C–C–N with tert-alkyl or cyclic N) is 2. The summed E-state index contributed by atoms with van der Waals surface area (Å²) in [6, 6.07) is 14.0. The molecule has 4 fully saturated rings. The van der Waals surface area contributed by atoms with Crippen molar-refractivity contribution < 1.29 is 38.9 Å². The summed E-state index contributed by atoms with van der Waals surface area (Å²) in [4.78, 5) is 60.0. The summed E-state index contributed by atoms with van der Waals surface area (Å²) < 4.78 is 11.7. The van der Waals surface area contributed by atoms with E-state index in [1.807, 2.05) is 62.6 Å². The molecule has 2 aromatic rings. The molecule has 6 amide bonds. The lowest BCUT2D eigenvalue weighted by Crippen LogP contribution is -2.68. The minimum atomic E-state index is -1.07. The maximum Gasteiger partial charge on any atom is 0.325 e. The molecule has 0 saturated carbocycles. The van der Waals surface area contributed by atoms with E-state index in [9.17, 15) is 29.4 Å². The van der Waals surface area contributed by atoms with Crippen LogP contribution in [0.1, 0.15) is 92.2 Å². The van der Waals surface area contributed by atoms with Crippen LogP contribution in [0.4, 0.5) is 9.59 Å². The van der Waals surface area contributed by atoms with Gasteiger partial charge < -0.3 is 30.3 Å². The SMILES string of the molecule is CN1C(C)(C)CC2(CC1(C)C)NC(=O)N(CC(O)COc1ccc(Cc3ccc(OCC(O)CN4C(=O)NC5(CC(C)(C)N(C)C(C)(C)C5)C4=O)cc3)cc1)C2=O. The van der Waals surface area contributed by atoms with Crippen LogP contribution in [0.15, 0.2) is 48.5 Å². The maximum absolute atomic E-state index is 13.6. The first kappa shape index (κ1) is 42.4. The molecule has 0 bridgehead atoms. The van der Waals surface area contributed by atoms with Crippen LogP contribution in [-0.2, 0) is 16.0 Å². The Morgan fingerprint density at radius 3 is 1.16 bits per heavy atom. The number of nitrogens with one attached hydrogen (secondary N) is 2. The first-order valence-corrected chi connectivity index (χ1v) is 19.9. The molecule has 4 aliphatic rings. The number of urea groups is 2. The van der Waals surface area contributed by atoms with Crippen LogP contribution in [-0.4, -0.2) is 140 Å². The Hall–Kier alpha value is -4.24. The van der Waals surface area contributed by atoms with Crippen LogP contribution in [0.2, 0.25) is 0 Å². The number of nitrogens with zero attached hydrogens (tertiary/aromatic N) is 4. The summed E-state index contributed by atoms with van der Waals surface area (Å²) in [7, 11) is 4.08. The van der Waals surface area contributed by atoms with Crippen LogP contribution < -0.4 is 20.1 Å². The summed E-state index contributed by atoms with van der Waals surface area (Å²) >= 11 is 0. The van der Waals surface area contributed by atoms with Crippen LogP contribution in [0.25, 0.3) is 0 Å². The Bertz CT molecular complexity index is 1690. The Morgan fingerprint density at radius 2 is 0.860 bits per heavy atom. The van der Waals surface area contributed by atoms with Gasteiger partial charge in [0.1, 0.15) is 48.0 Å². The second-order valence-corrected chi connectivity index (χ2v) is 19.3. The second-order valence-electron chi connectivity index (χ2n) is 19.3. The molecular formula is C43H62N6O8. The van der Waals surface area contributed by atoms with Crippen molar-refractivity contribution in [1.29, 1.82) is 0 Å². The van der Waals surface area contributed by atoms with Gasteiger partial charge in [0.2, 0.25) is 0 Å². The Labute approximate surface area is 336 Å². The third-order valence-corrected chi connectivity index (χ3v) is 13.0. The zero-order chi connectivity index (χ0) is 41.9. The largest absolute Gasteiger partial charge is 0.491 e. The molecule has 4 N–H and O–H groups in total. The van der Waals surface area contributed by atoms with Gasteiger partial charge in [-0.3, -0.25) is 29.2 Å². The number of imide groups is 2. The average molecular weight is 791 g/mol. The number of aliphatic hydroxyl groups is 2. The number of carbonyl (C=O) groups excluding carboxylic acids is 4. The van der Waals surface area contributed by atoms with E-state index in [1.165, 1.54) is 0 Å². The normalized spacial score (nSPS) is 24.4. The van der Waals surface area contributed by atoms with Crippen molar-refractivity contribution in [2.24, 2.45) is 0 Å². The third-order valence-electron chi connectivity index (χ3n) is 13.0. The van der Waals surface area contributed by atoms with E-state index < -0.39 is 35.3 Å². The van der Waals surface area contributed by atoms with Crippen molar-refractivity contribution in [3.63, 3.8) is 0 Å². The van der Waals surface area contributed by atoms with Gasteiger partial charge in [0, 0.05) is 22.2 Å². The van der Waals surface area contributed by atoms with Gasteiger partial charge in [0.25, 0.3) is 11.8 Å². The number of rotatable bonds is 12. The molecule has 2 spiro atoms. The van der Waals surface area contributed by atoms with Gasteiger partial charge in [0.15, 0.2) is 0 Å². The molecule has 6 rings (SSSR count). The number of ether oxygens (including phenoxy) is 2. The smallest absolute Gasteiger partial charge is 0.325 e. The van der Waals surface area contributed by atoms with Crippen LogP contribution >= 0.6 is 0 Å². The van der Waals surface area contributed by atoms with Gasteiger partial charge in [-0.1, -0.05) is 24.3 Å². The van der Waals surface area contributed by atoms with Crippen molar-refractivity contribution in [3.8, 4) is 11.5 Å². The Balaban J connectivity index is 0.945. The van der Waals surface area contributed by atoms with E-state index in [0.29, 0.717) is 43.6 Å². The lowest BCUT2D eigenvalue weighted by molar-refractivity contribution is -0.140. The second kappa shape index (κ2) is 14.9. The number of likely N-dealkylation sites (tertiary alicyclic amines) is 2. The molecule has 4 heterocycles. The van der Waals surface area contributed by atoms with Gasteiger partial charge in [-0.2, -0.15) is 0 Å². The Morgan fingerprint density at radius 1 is 0.561 bits per heavy atom. The minimum Gasteiger partial charge on any atom is -0.491 e. The molecule has 14 heteroatoms. The van der Waals surface area contributed by atoms with Crippen LogP contribution in [0.5, 0.6) is 11.5 Å². The zero-order valence-corrected chi connectivity index (χ0v) is 35.3. The van der Waals surface area contributed by atoms with E-state index in [1.54, 1.807) is 0 Å². The molecule has 0 aliphatic carbocycles. The fraction of sp³-hybridized carbons (Fsp3) is 0.628. The number of hydrogen-bond donors (Lipinski definition) is 4. The lowest BCUT2D eigenvalue weighted by Gasteiger charge is -2.56. The molecule has 0 aromatic heterocycles. The fourth-order valence-corrected chi connectivity index (χ4v) is 9.91. The zero-order valence-electron chi connectivity index (χ0n) is 35.3. The number of carbonyl (C=O) groups is 4. The summed E-state index contributed by atoms with van der Waals surface area (Å²) in [5.41, 5.74) is -1.21. The van der Waals surface area contributed by atoms with E-state index in [0.717, 1.165) is 20.9 Å². The molecular weight excluding hydrogens is 729 g/mol. The van der Waals surface area contributed by atoms with Crippen molar-refractivity contribution in [3.05, 3.63) is 59.7 Å². The Kier molecular flexibility index (Phi) is 11.0. The highest BCUT2D eigenvalue weighted by Gasteiger charge is 2.62. The predicted molar refractivity (Wildman–Crippen MR) is 215 cm³/mol. The fourth-order valence-electron chi connectivity index (χ4n) is 9.91. The molecule has 2 atom stereocenters. The van der Waals surface area contributed by atoms with Gasteiger partial charge in [-0.25, -0.2) is 9.59 Å². The van der Waals surface area contributed by atoms with Crippen molar-refractivity contribution >= 4 is 23.9 Å². The summed E-state index contributed by atoms with van der Waals surface area (Å²) in [5, 5.41) is 27.5. The van der Waals surface area contributed by atoms with Gasteiger partial charge in [-0.05, 0) is 137 Å². The van der Waals surface area contributed by atoms with E-state index in [-0.39, 0.29) is 60.3 Å². The summed E-state index contributed by atoms with van der Waals surface area (Å²) in [6.45, 7) is 16.1. The quantitative estimate of drug-likeness (QED) is 0.232. The van der Waals surface area contributed by atoms with E-state index in [4.69, 9.17) is 9.47 Å². The molecule has 57 heavy (non-hydrogen) atoms. The third kappa shape index (κ3) is 8.37. The summed E-state index contributed by atoms with van der Waals surface area (Å²) in [5.74, 6) is 0.495. The highest BCUT2D eigenvalue weighted by atomic mass is 16.5. The first-order chi connectivity index (χ1) is 26.4. The van der Waals surface area contributed by atoms with E-state index >= 15 is 0 Å². The highest BCUT2D eigenvalue weighted by molar-refractivity contribution is 6.08. The average Bonchev–Trinajstić information content (AvgIpc) is 3.45. The molecule has 2 unspecified atom stereocenters. The lowest BCUT2D eigenvalue weighted by atomic mass is 9.69. The van der Waals surface area contributed by atoms with Gasteiger partial charge in [-0.15, -0.1) is 0 Å². The predicted octanol–water partition coefficient (Wildman–Crippen LogP) is 3.90. The first-order valence-electron chi connectivity index (χ1n) is 19.9. The number of aliphatic hydroxyl groups excluding tert-OH is 2. The summed E-state index contributed by atoms with van der Waals surface area (Å²) in [6.07, 6.45) is 0.411. The minimum absolute atomic E-state index is 0.0872. The number of amides is 6. The number of hydrogen-bond acceptors (Lipinski definition) is 10. The molecule has 0 radical (unpaired) electrons. The van der Waals surface area contributed by atoms with Gasteiger partial charge in [0.05, 0.1) is 13.1 Å². The number of benzene rings is 2. The molecule has 312 valence electrons. The topological polar surface area (TPSA) is 164 Å². The van der Waals surface area contributed by atoms with Crippen LogP contribution in [0.3, 0.4) is 0 Å². The van der Waals surface area contributed by atoms with E-state index in [2.05, 4.69) is 75.8 Å². The van der Waals surface area contributed by atoms with Crippen molar-refractivity contribution in [2.75, 3.05) is 40.4 Å². The number of piperidine rings is 2. The molecule has 14 nitrogen and oxygen atoms in total. The van der Waals surface area contributed by atoms with Crippen molar-refractivity contribution in [2.45, 2.75) is 133 Å². The molecule has 4 saturated heterocycles. The molecule has 4 aliphatic heterocycles. The maximum atomic E-state index is 13.6. The van der Waals surface area contributed by atoms with Gasteiger partial charge >= 0.3 is 12.1 Å². The monoisotopic (exact) mass is 790 g/mol. The molecule has 2 aromatic carbocycles. The van der Waals surface area contributed by atoms with Crippen molar-refractivity contribution in [1.82, 2.24) is 30.2 Å². The van der Waals surface area contributed by atoms with Crippen LogP contribution in [0, 0.1) is 0 Å².